The largest absolute Gasteiger partial charge is 0.308 e. The predicted octanol–water partition coefficient (Wildman–Crippen LogP) is 2.07. The summed E-state index contributed by atoms with van der Waals surface area (Å²) in [6.07, 6.45) is 4.37. The lowest BCUT2D eigenvalue weighted by Gasteiger charge is -2.18. The van der Waals surface area contributed by atoms with Crippen molar-refractivity contribution in [2.24, 2.45) is 5.84 Å². The molecule has 0 fully saturated rings. The molecule has 2 aromatic rings. The quantitative estimate of drug-likeness (QED) is 0.639. The first-order valence-electron chi connectivity index (χ1n) is 6.07. The van der Waals surface area contributed by atoms with E-state index < -0.39 is 0 Å². The lowest BCUT2D eigenvalue weighted by molar-refractivity contribution is 0.664. The number of hydrazine groups is 1. The average molecular weight is 261 g/mol. The second kappa shape index (κ2) is 4.62. The lowest BCUT2D eigenvalue weighted by Crippen LogP contribution is -2.17. The number of nitrogens with one attached hydrogen (secondary N) is 1. The van der Waals surface area contributed by atoms with Gasteiger partial charge < -0.3 is 5.43 Å². The second-order valence-electron chi connectivity index (χ2n) is 4.42. The zero-order chi connectivity index (χ0) is 12.5. The Morgan fingerprint density at radius 1 is 1.22 bits per heavy atom. The Morgan fingerprint density at radius 3 is 2.78 bits per heavy atom. The van der Waals surface area contributed by atoms with Crippen molar-refractivity contribution in [2.45, 2.75) is 32.6 Å². The van der Waals surface area contributed by atoms with Crippen LogP contribution in [0.4, 0.5) is 5.82 Å². The smallest absolute Gasteiger partial charge is 0.181 e. The van der Waals surface area contributed by atoms with E-state index in [2.05, 4.69) is 20.4 Å². The molecule has 0 unspecified atom stereocenters. The van der Waals surface area contributed by atoms with Gasteiger partial charge in [0.25, 0.3) is 0 Å². The van der Waals surface area contributed by atoms with Crippen molar-refractivity contribution >= 4 is 17.2 Å². The van der Waals surface area contributed by atoms with Crippen LogP contribution in [0, 0.1) is 6.92 Å². The molecule has 0 spiro atoms. The number of rotatable bonds is 2. The summed E-state index contributed by atoms with van der Waals surface area (Å²) in [5, 5.41) is 3.01. The lowest BCUT2D eigenvalue weighted by atomic mass is 9.96. The van der Waals surface area contributed by atoms with Gasteiger partial charge in [-0.05, 0) is 32.6 Å². The highest BCUT2D eigenvalue weighted by atomic mass is 32.1. The molecule has 3 rings (SSSR count). The van der Waals surface area contributed by atoms with Crippen LogP contribution >= 0.6 is 11.3 Å². The normalized spacial score (nSPS) is 14.3. The first-order valence-corrected chi connectivity index (χ1v) is 6.95. The molecule has 6 heteroatoms. The van der Waals surface area contributed by atoms with Crippen molar-refractivity contribution in [2.75, 3.05) is 5.43 Å². The van der Waals surface area contributed by atoms with Gasteiger partial charge in [-0.2, -0.15) is 0 Å². The summed E-state index contributed by atoms with van der Waals surface area (Å²) in [5.41, 5.74) is 5.81. The monoisotopic (exact) mass is 261 g/mol. The summed E-state index contributed by atoms with van der Waals surface area (Å²) in [6.45, 7) is 1.98. The Morgan fingerprint density at radius 2 is 2.06 bits per heavy atom. The summed E-state index contributed by atoms with van der Waals surface area (Å²) in [4.78, 5) is 13.6. The third-order valence-corrected chi connectivity index (χ3v) is 3.94. The summed E-state index contributed by atoms with van der Waals surface area (Å²) in [7, 11) is 0. The number of hydrogen-bond donors (Lipinski definition) is 2. The van der Waals surface area contributed by atoms with Crippen molar-refractivity contribution in [3.05, 3.63) is 21.6 Å². The fourth-order valence-electron chi connectivity index (χ4n) is 2.29. The van der Waals surface area contributed by atoms with Gasteiger partial charge in [-0.3, -0.25) is 0 Å². The van der Waals surface area contributed by atoms with Crippen molar-refractivity contribution in [1.82, 2.24) is 15.0 Å². The number of nitrogens with zero attached hydrogens (tertiary/aromatic N) is 3. The van der Waals surface area contributed by atoms with Crippen LogP contribution in [0.15, 0.2) is 5.38 Å². The maximum Gasteiger partial charge on any atom is 0.181 e. The number of nitrogen functional groups attached to an aromatic ring is 1. The SMILES string of the molecule is Cc1nc(-c2nc3c(c(NN)n2)CCCC3)cs1. The van der Waals surface area contributed by atoms with Crippen molar-refractivity contribution in [3.8, 4) is 11.5 Å². The van der Waals surface area contributed by atoms with Gasteiger partial charge in [-0.15, -0.1) is 11.3 Å². The number of thiazole rings is 1. The third kappa shape index (κ3) is 1.97. The second-order valence-corrected chi connectivity index (χ2v) is 5.49. The zero-order valence-electron chi connectivity index (χ0n) is 10.2. The summed E-state index contributed by atoms with van der Waals surface area (Å²) in [6, 6.07) is 0. The fraction of sp³-hybridized carbons (Fsp3) is 0.417. The van der Waals surface area contributed by atoms with E-state index in [-0.39, 0.29) is 0 Å². The number of aromatic nitrogens is 3. The van der Waals surface area contributed by atoms with Crippen LogP contribution in [0.3, 0.4) is 0 Å². The van der Waals surface area contributed by atoms with E-state index in [0.717, 1.165) is 35.1 Å². The molecule has 0 radical (unpaired) electrons. The van der Waals surface area contributed by atoms with E-state index >= 15 is 0 Å². The Kier molecular flexibility index (Phi) is 2.97. The number of nitrogens with two attached hydrogens (primary N) is 1. The molecule has 2 aromatic heterocycles. The molecule has 0 aromatic carbocycles. The van der Waals surface area contributed by atoms with Gasteiger partial charge in [-0.25, -0.2) is 20.8 Å². The Balaban J connectivity index is 2.11. The first kappa shape index (κ1) is 11.6. The average Bonchev–Trinajstić information content (AvgIpc) is 2.84. The number of anilines is 1. The Hall–Kier alpha value is -1.53. The van der Waals surface area contributed by atoms with Gasteiger partial charge >= 0.3 is 0 Å². The molecule has 0 saturated heterocycles. The molecule has 1 aliphatic rings. The van der Waals surface area contributed by atoms with Gasteiger partial charge in [0.05, 0.1) is 5.01 Å². The summed E-state index contributed by atoms with van der Waals surface area (Å²) in [5.74, 6) is 6.99. The number of fused-ring (bicyclic) bond motifs is 1. The molecular weight excluding hydrogens is 246 g/mol. The van der Waals surface area contributed by atoms with Crippen LogP contribution in [-0.4, -0.2) is 15.0 Å². The van der Waals surface area contributed by atoms with Crippen LogP contribution < -0.4 is 11.3 Å². The van der Waals surface area contributed by atoms with E-state index in [9.17, 15) is 0 Å². The summed E-state index contributed by atoms with van der Waals surface area (Å²) >= 11 is 1.61. The number of aryl methyl sites for hydroxylation is 2. The highest BCUT2D eigenvalue weighted by molar-refractivity contribution is 7.09. The molecule has 0 atom stereocenters. The molecule has 3 N–H and O–H groups in total. The van der Waals surface area contributed by atoms with Crippen LogP contribution in [-0.2, 0) is 12.8 Å². The van der Waals surface area contributed by atoms with Crippen LogP contribution in [0.1, 0.15) is 29.1 Å². The van der Waals surface area contributed by atoms with Crippen molar-refractivity contribution in [1.29, 1.82) is 0 Å². The molecule has 94 valence electrons. The minimum atomic E-state index is 0.674. The fourth-order valence-corrected chi connectivity index (χ4v) is 2.89. The molecule has 2 heterocycles. The minimum absolute atomic E-state index is 0.674. The topological polar surface area (TPSA) is 76.7 Å². The van der Waals surface area contributed by atoms with Gasteiger partial charge in [0, 0.05) is 16.6 Å². The standard InChI is InChI=1S/C12H15N5S/c1-7-14-10(6-18-7)12-15-9-5-3-2-4-8(9)11(16-12)17-13/h6H,2-5,13H2,1H3,(H,15,16,17). The van der Waals surface area contributed by atoms with E-state index in [0.29, 0.717) is 5.82 Å². The molecule has 5 nitrogen and oxygen atoms in total. The van der Waals surface area contributed by atoms with E-state index in [1.807, 2.05) is 12.3 Å². The van der Waals surface area contributed by atoms with Crippen molar-refractivity contribution in [3.63, 3.8) is 0 Å². The minimum Gasteiger partial charge on any atom is -0.308 e. The van der Waals surface area contributed by atoms with Gasteiger partial charge in [0.15, 0.2) is 5.82 Å². The molecule has 0 saturated carbocycles. The highest BCUT2D eigenvalue weighted by Crippen LogP contribution is 2.28. The molecule has 0 bridgehead atoms. The van der Waals surface area contributed by atoms with Gasteiger partial charge in [0.1, 0.15) is 11.5 Å². The molecule has 18 heavy (non-hydrogen) atoms. The van der Waals surface area contributed by atoms with Gasteiger partial charge in [-0.1, -0.05) is 0 Å². The predicted molar refractivity (Wildman–Crippen MR) is 72.3 cm³/mol. The van der Waals surface area contributed by atoms with Gasteiger partial charge in [0.2, 0.25) is 0 Å². The molecular formula is C12H15N5S. The van der Waals surface area contributed by atoms with E-state index in [4.69, 9.17) is 5.84 Å². The number of hydrogen-bond acceptors (Lipinski definition) is 6. The van der Waals surface area contributed by atoms with Crippen LogP contribution in [0.2, 0.25) is 0 Å². The van der Waals surface area contributed by atoms with E-state index in [1.54, 1.807) is 11.3 Å². The highest BCUT2D eigenvalue weighted by Gasteiger charge is 2.18. The Labute approximate surface area is 109 Å². The third-order valence-electron chi connectivity index (χ3n) is 3.17. The Bertz CT molecular complexity index is 561. The first-order chi connectivity index (χ1) is 8.78. The zero-order valence-corrected chi connectivity index (χ0v) is 11.0. The molecule has 0 aliphatic heterocycles. The maximum absolute atomic E-state index is 5.57. The maximum atomic E-state index is 5.57. The van der Waals surface area contributed by atoms with Crippen LogP contribution in [0.5, 0.6) is 0 Å². The molecule has 1 aliphatic carbocycles. The van der Waals surface area contributed by atoms with Crippen LogP contribution in [0.25, 0.3) is 11.5 Å². The molecule has 0 amide bonds. The summed E-state index contributed by atoms with van der Waals surface area (Å²) < 4.78 is 0. The van der Waals surface area contributed by atoms with Crippen molar-refractivity contribution < 1.29 is 0 Å². The van der Waals surface area contributed by atoms with E-state index in [1.165, 1.54) is 18.4 Å².